The largest absolute Gasteiger partial charge is 0.486 e. The highest BCUT2D eigenvalue weighted by atomic mass is 16.6. The molecule has 2 aromatic rings. The van der Waals surface area contributed by atoms with E-state index >= 15 is 0 Å². The Morgan fingerprint density at radius 2 is 1.68 bits per heavy atom. The van der Waals surface area contributed by atoms with Gasteiger partial charge in [0, 0.05) is 12.1 Å². The van der Waals surface area contributed by atoms with E-state index in [1.807, 2.05) is 12.1 Å². The number of esters is 1. The van der Waals surface area contributed by atoms with Crippen molar-refractivity contribution in [1.29, 1.82) is 0 Å². The van der Waals surface area contributed by atoms with Gasteiger partial charge in [0.25, 0.3) is 0 Å². The summed E-state index contributed by atoms with van der Waals surface area (Å²) in [4.78, 5) is 12.0. The van der Waals surface area contributed by atoms with Crippen LogP contribution >= 0.6 is 0 Å². The highest BCUT2D eigenvalue weighted by Crippen LogP contribution is 2.33. The zero-order valence-corrected chi connectivity index (χ0v) is 14.7. The highest BCUT2D eigenvalue weighted by Gasteiger charge is 2.14. The zero-order chi connectivity index (χ0) is 17.9. The molecule has 1 aliphatic rings. The molecule has 0 radical (unpaired) electrons. The maximum Gasteiger partial charge on any atom is 0.336 e. The zero-order valence-electron chi connectivity index (χ0n) is 14.7. The van der Waals surface area contributed by atoms with Crippen molar-refractivity contribution in [3.8, 4) is 17.2 Å². The minimum Gasteiger partial charge on any atom is -0.486 e. The lowest BCUT2D eigenvalue weighted by Gasteiger charge is -2.18. The molecule has 0 saturated carbocycles. The summed E-state index contributed by atoms with van der Waals surface area (Å²) in [5.74, 6) is 1.26. The predicted octanol–water partition coefficient (Wildman–Crippen LogP) is 4.37. The molecule has 1 heterocycles. The molecule has 0 atom stereocenters. The summed E-state index contributed by atoms with van der Waals surface area (Å²) in [5.41, 5.74) is 2.31. The van der Waals surface area contributed by atoms with Gasteiger partial charge in [-0.25, -0.2) is 4.79 Å². The molecule has 1 aliphatic heterocycles. The van der Waals surface area contributed by atoms with E-state index in [0.29, 0.717) is 30.5 Å². The molecule has 0 unspecified atom stereocenters. The Morgan fingerprint density at radius 3 is 2.36 bits per heavy atom. The van der Waals surface area contributed by atoms with Crippen molar-refractivity contribution in [1.82, 2.24) is 0 Å². The van der Waals surface area contributed by atoms with Gasteiger partial charge in [-0.2, -0.15) is 0 Å². The van der Waals surface area contributed by atoms with Crippen molar-refractivity contribution in [2.24, 2.45) is 0 Å². The Labute approximate surface area is 148 Å². The molecule has 2 aromatic carbocycles. The number of ether oxygens (including phenoxy) is 3. The second kappa shape index (κ2) is 7.01. The second-order valence-electron chi connectivity index (χ2n) is 6.93. The average Bonchev–Trinajstić information content (AvgIpc) is 2.59. The number of carbonyl (C=O) groups is 1. The maximum atomic E-state index is 12.0. The predicted molar refractivity (Wildman–Crippen MR) is 97.2 cm³/mol. The summed E-state index contributed by atoms with van der Waals surface area (Å²) in [7, 11) is 0. The summed E-state index contributed by atoms with van der Waals surface area (Å²) in [6, 6.07) is 13.2. The van der Waals surface area contributed by atoms with Crippen LogP contribution in [0.2, 0.25) is 0 Å². The van der Waals surface area contributed by atoms with Crippen LogP contribution in [0.3, 0.4) is 0 Å². The number of benzene rings is 2. The van der Waals surface area contributed by atoms with Gasteiger partial charge in [0.05, 0.1) is 0 Å². The van der Waals surface area contributed by atoms with Gasteiger partial charge in [0.2, 0.25) is 0 Å². The molecule has 3 rings (SSSR count). The summed E-state index contributed by atoms with van der Waals surface area (Å²) in [6.07, 6.45) is 3.16. The van der Waals surface area contributed by atoms with Crippen molar-refractivity contribution >= 4 is 12.0 Å². The molecule has 0 aromatic heterocycles. The van der Waals surface area contributed by atoms with E-state index in [9.17, 15) is 4.79 Å². The minimum absolute atomic E-state index is 0.111. The molecule has 0 bridgehead atoms. The smallest absolute Gasteiger partial charge is 0.336 e. The van der Waals surface area contributed by atoms with Crippen LogP contribution in [-0.4, -0.2) is 19.2 Å². The number of rotatable bonds is 3. The summed E-state index contributed by atoms with van der Waals surface area (Å²) in [5, 5.41) is 0. The molecule has 0 saturated heterocycles. The van der Waals surface area contributed by atoms with E-state index in [1.165, 1.54) is 11.6 Å². The average molecular weight is 338 g/mol. The molecule has 25 heavy (non-hydrogen) atoms. The van der Waals surface area contributed by atoms with E-state index in [-0.39, 0.29) is 5.41 Å². The van der Waals surface area contributed by atoms with Crippen molar-refractivity contribution in [3.05, 3.63) is 59.7 Å². The highest BCUT2D eigenvalue weighted by molar-refractivity contribution is 5.88. The van der Waals surface area contributed by atoms with E-state index in [1.54, 1.807) is 24.3 Å². The molecule has 0 N–H and O–H groups in total. The van der Waals surface area contributed by atoms with Crippen LogP contribution in [0.1, 0.15) is 31.9 Å². The van der Waals surface area contributed by atoms with Gasteiger partial charge in [-0.15, -0.1) is 0 Å². The van der Waals surface area contributed by atoms with E-state index in [4.69, 9.17) is 14.2 Å². The minimum atomic E-state index is -0.434. The van der Waals surface area contributed by atoms with E-state index in [2.05, 4.69) is 32.9 Å². The number of fused-ring (bicyclic) bond motifs is 1. The Balaban J connectivity index is 1.63. The molecule has 0 aliphatic carbocycles. The van der Waals surface area contributed by atoms with Gasteiger partial charge in [0.15, 0.2) is 11.5 Å². The van der Waals surface area contributed by atoms with Crippen molar-refractivity contribution in [2.75, 3.05) is 13.2 Å². The molecule has 4 heteroatoms. The number of hydrogen-bond acceptors (Lipinski definition) is 4. The third-order valence-corrected chi connectivity index (χ3v) is 3.92. The fourth-order valence-electron chi connectivity index (χ4n) is 2.50. The first-order valence-electron chi connectivity index (χ1n) is 8.32. The van der Waals surface area contributed by atoms with Gasteiger partial charge in [-0.05, 0) is 34.8 Å². The summed E-state index contributed by atoms with van der Waals surface area (Å²) >= 11 is 0. The van der Waals surface area contributed by atoms with Crippen LogP contribution in [0.5, 0.6) is 17.2 Å². The lowest BCUT2D eigenvalue weighted by atomic mass is 9.87. The topological polar surface area (TPSA) is 44.8 Å². The summed E-state index contributed by atoms with van der Waals surface area (Å²) < 4.78 is 16.2. The summed E-state index contributed by atoms with van der Waals surface area (Å²) in [6.45, 7) is 7.53. The van der Waals surface area contributed by atoms with Gasteiger partial charge >= 0.3 is 5.97 Å². The molecular weight excluding hydrogens is 316 g/mol. The van der Waals surface area contributed by atoms with Gasteiger partial charge in [0.1, 0.15) is 19.0 Å². The molecule has 0 spiro atoms. The number of carbonyl (C=O) groups excluding carboxylic acids is 1. The first-order valence-corrected chi connectivity index (χ1v) is 8.32. The molecule has 130 valence electrons. The standard InChI is InChI=1S/C21H22O4/c1-21(2,3)16-7-4-15(5-8-16)6-11-20(22)25-17-9-10-18-19(14-17)24-13-12-23-18/h4-11,14H,12-13H2,1-3H3. The SMILES string of the molecule is CC(C)(C)c1ccc(C=CC(=O)Oc2ccc3c(c2)OCCO3)cc1. The van der Waals surface area contributed by atoms with Crippen molar-refractivity contribution in [3.63, 3.8) is 0 Å². The normalized spacial score (nSPS) is 13.7. The Bertz CT molecular complexity index is 783. The van der Waals surface area contributed by atoms with Gasteiger partial charge in [-0.1, -0.05) is 45.0 Å². The van der Waals surface area contributed by atoms with Crippen molar-refractivity contribution in [2.45, 2.75) is 26.2 Å². The Kier molecular flexibility index (Phi) is 4.79. The van der Waals surface area contributed by atoms with Crippen LogP contribution in [0.15, 0.2) is 48.5 Å². The molecule has 0 amide bonds. The van der Waals surface area contributed by atoms with Gasteiger partial charge in [-0.3, -0.25) is 0 Å². The van der Waals surface area contributed by atoms with Crippen LogP contribution < -0.4 is 14.2 Å². The Morgan fingerprint density at radius 1 is 1.00 bits per heavy atom. The lowest BCUT2D eigenvalue weighted by molar-refractivity contribution is -0.128. The monoisotopic (exact) mass is 338 g/mol. The number of hydrogen-bond donors (Lipinski definition) is 0. The van der Waals surface area contributed by atoms with Crippen LogP contribution in [0, 0.1) is 0 Å². The Hall–Kier alpha value is -2.75. The van der Waals surface area contributed by atoms with Crippen LogP contribution in [0.4, 0.5) is 0 Å². The van der Waals surface area contributed by atoms with Gasteiger partial charge < -0.3 is 14.2 Å². The van der Waals surface area contributed by atoms with Crippen molar-refractivity contribution < 1.29 is 19.0 Å². The molecular formula is C21H22O4. The molecule has 4 nitrogen and oxygen atoms in total. The van der Waals surface area contributed by atoms with E-state index < -0.39 is 5.97 Å². The third kappa shape index (κ3) is 4.41. The molecule has 0 fully saturated rings. The first-order chi connectivity index (χ1) is 11.9. The quantitative estimate of drug-likeness (QED) is 0.473. The first kappa shape index (κ1) is 17.1. The lowest BCUT2D eigenvalue weighted by Crippen LogP contribution is -2.15. The maximum absolute atomic E-state index is 12.0. The second-order valence-corrected chi connectivity index (χ2v) is 6.93. The van der Waals surface area contributed by atoms with Crippen LogP contribution in [0.25, 0.3) is 6.08 Å². The third-order valence-electron chi connectivity index (χ3n) is 3.92. The fraction of sp³-hybridized carbons (Fsp3) is 0.286. The fourth-order valence-corrected chi connectivity index (χ4v) is 2.50. The van der Waals surface area contributed by atoms with Crippen LogP contribution in [-0.2, 0) is 10.2 Å². The van der Waals surface area contributed by atoms with E-state index in [0.717, 1.165) is 5.56 Å².